The van der Waals surface area contributed by atoms with E-state index in [0.717, 1.165) is 46.9 Å². The Morgan fingerprint density at radius 3 is 3.20 bits per heavy atom. The molecule has 1 saturated heterocycles. The Morgan fingerprint density at radius 1 is 1.55 bits per heavy atom. The van der Waals surface area contributed by atoms with Crippen LogP contribution in [-0.2, 0) is 17.6 Å². The molecule has 2 aliphatic heterocycles. The van der Waals surface area contributed by atoms with Crippen LogP contribution in [0, 0.1) is 0 Å². The summed E-state index contributed by atoms with van der Waals surface area (Å²) < 4.78 is 6.75. The first kappa shape index (κ1) is 14.4. The highest BCUT2D eigenvalue weighted by Gasteiger charge is 2.28. The molecule has 2 heterocycles. The van der Waals surface area contributed by atoms with Crippen LogP contribution >= 0.6 is 27.7 Å². The largest absolute Gasteiger partial charge is 0.493 e. The summed E-state index contributed by atoms with van der Waals surface area (Å²) in [6, 6.07) is 4.17. The van der Waals surface area contributed by atoms with E-state index >= 15 is 0 Å². The number of halogens is 1. The van der Waals surface area contributed by atoms with Crippen molar-refractivity contribution >= 4 is 33.5 Å². The van der Waals surface area contributed by atoms with Crippen molar-refractivity contribution in [3.05, 3.63) is 27.7 Å². The maximum absolute atomic E-state index is 12.6. The van der Waals surface area contributed by atoms with Gasteiger partial charge in [-0.25, -0.2) is 0 Å². The van der Waals surface area contributed by atoms with Crippen LogP contribution in [0.2, 0.25) is 0 Å². The summed E-state index contributed by atoms with van der Waals surface area (Å²) in [7, 11) is 2.05. The fourth-order valence-electron chi connectivity index (χ4n) is 2.81. The van der Waals surface area contributed by atoms with E-state index in [-0.39, 0.29) is 6.04 Å². The molecule has 1 aromatic rings. The van der Waals surface area contributed by atoms with Gasteiger partial charge >= 0.3 is 0 Å². The highest BCUT2D eigenvalue weighted by molar-refractivity contribution is 9.10. The molecule has 2 aliphatic rings. The number of ketones is 1. The van der Waals surface area contributed by atoms with Gasteiger partial charge in [-0.3, -0.25) is 9.69 Å². The Bertz CT molecular complexity index is 535. The number of likely N-dealkylation sites (N-methyl/N-ethyl adjacent to an activating group) is 1. The fraction of sp³-hybridized carbons (Fsp3) is 0.533. The minimum absolute atomic E-state index is 0.0461. The number of carbonyl (C=O) groups excluding carboxylic acids is 1. The topological polar surface area (TPSA) is 29.5 Å². The second-order valence-corrected chi connectivity index (χ2v) is 7.43. The number of nitrogens with zero attached hydrogens (tertiary/aromatic N) is 1. The molecule has 0 aromatic heterocycles. The van der Waals surface area contributed by atoms with Gasteiger partial charge in [0.1, 0.15) is 5.75 Å². The summed E-state index contributed by atoms with van der Waals surface area (Å²) in [6.07, 6.45) is 1.41. The molecule has 1 fully saturated rings. The van der Waals surface area contributed by atoms with Crippen LogP contribution in [0.5, 0.6) is 5.75 Å². The molecule has 0 radical (unpaired) electrons. The zero-order chi connectivity index (χ0) is 14.1. The van der Waals surface area contributed by atoms with Gasteiger partial charge in [-0.2, -0.15) is 11.8 Å². The first-order valence-corrected chi connectivity index (χ1v) is 8.84. The highest BCUT2D eigenvalue weighted by Crippen LogP contribution is 2.33. The summed E-state index contributed by atoms with van der Waals surface area (Å²) in [5.41, 5.74) is 2.24. The van der Waals surface area contributed by atoms with Crippen LogP contribution in [0.25, 0.3) is 0 Å². The smallest absolute Gasteiger partial charge is 0.155 e. The Hall–Kier alpha value is -0.520. The minimum Gasteiger partial charge on any atom is -0.493 e. The van der Waals surface area contributed by atoms with Crippen LogP contribution in [-0.4, -0.2) is 48.4 Å². The van der Waals surface area contributed by atoms with E-state index in [0.29, 0.717) is 12.2 Å². The van der Waals surface area contributed by atoms with Crippen molar-refractivity contribution < 1.29 is 9.53 Å². The Labute approximate surface area is 132 Å². The number of Topliss-reactive ketones (excluding diaryl/α,β-unsaturated/α-hetero) is 1. The molecule has 0 spiro atoms. The summed E-state index contributed by atoms with van der Waals surface area (Å²) in [5, 5.41) is 0. The van der Waals surface area contributed by atoms with Crippen molar-refractivity contribution in [2.75, 3.05) is 31.7 Å². The van der Waals surface area contributed by atoms with Gasteiger partial charge in [0, 0.05) is 40.9 Å². The maximum Gasteiger partial charge on any atom is 0.155 e. The van der Waals surface area contributed by atoms with E-state index in [1.807, 2.05) is 24.9 Å². The Kier molecular flexibility index (Phi) is 4.38. The average molecular weight is 356 g/mol. The third-order valence-corrected chi connectivity index (χ3v) is 5.44. The standard InChI is InChI=1S/C15H18BrNO2S/c1-17-3-5-20-9-13(17)14(18)8-11-7-12(16)6-10-2-4-19-15(10)11/h6-7,13H,2-5,8-9H2,1H3. The SMILES string of the molecule is CN1CCSCC1C(=O)Cc1cc(Br)cc2c1OCC2. The van der Waals surface area contributed by atoms with Crippen molar-refractivity contribution in [3.8, 4) is 5.75 Å². The third-order valence-electron chi connectivity index (χ3n) is 3.96. The van der Waals surface area contributed by atoms with Crippen molar-refractivity contribution in [1.29, 1.82) is 0 Å². The number of rotatable bonds is 3. The minimum atomic E-state index is 0.0461. The quantitative estimate of drug-likeness (QED) is 0.833. The summed E-state index contributed by atoms with van der Waals surface area (Å²) in [6.45, 7) is 1.72. The van der Waals surface area contributed by atoms with E-state index in [1.165, 1.54) is 5.56 Å². The molecule has 5 heteroatoms. The molecule has 0 N–H and O–H groups in total. The average Bonchev–Trinajstić information content (AvgIpc) is 2.87. The lowest BCUT2D eigenvalue weighted by molar-refractivity contribution is -0.122. The summed E-state index contributed by atoms with van der Waals surface area (Å²) >= 11 is 5.40. The normalized spacial score (nSPS) is 22.4. The molecule has 0 saturated carbocycles. The maximum atomic E-state index is 12.6. The van der Waals surface area contributed by atoms with Crippen LogP contribution in [0.15, 0.2) is 16.6 Å². The van der Waals surface area contributed by atoms with E-state index in [2.05, 4.69) is 26.9 Å². The third kappa shape index (κ3) is 2.90. The molecule has 3 rings (SSSR count). The van der Waals surface area contributed by atoms with Crippen molar-refractivity contribution in [2.24, 2.45) is 0 Å². The van der Waals surface area contributed by atoms with Gasteiger partial charge in [0.2, 0.25) is 0 Å². The number of thioether (sulfide) groups is 1. The molecule has 0 amide bonds. The molecule has 3 nitrogen and oxygen atoms in total. The lowest BCUT2D eigenvalue weighted by Crippen LogP contribution is -2.45. The van der Waals surface area contributed by atoms with E-state index in [4.69, 9.17) is 4.74 Å². The molecule has 1 atom stereocenters. The molecule has 20 heavy (non-hydrogen) atoms. The second kappa shape index (κ2) is 6.08. The predicted molar refractivity (Wildman–Crippen MR) is 85.8 cm³/mol. The van der Waals surface area contributed by atoms with Gasteiger partial charge in [0.15, 0.2) is 5.78 Å². The van der Waals surface area contributed by atoms with Gasteiger partial charge in [0.05, 0.1) is 12.6 Å². The van der Waals surface area contributed by atoms with Crippen LogP contribution in [0.4, 0.5) is 0 Å². The molecular formula is C15H18BrNO2S. The Balaban J connectivity index is 1.79. The number of benzene rings is 1. The van der Waals surface area contributed by atoms with Gasteiger partial charge in [-0.05, 0) is 24.7 Å². The number of fused-ring (bicyclic) bond motifs is 1. The number of carbonyl (C=O) groups is 1. The summed E-state index contributed by atoms with van der Waals surface area (Å²) in [5.74, 6) is 3.27. The van der Waals surface area contributed by atoms with Gasteiger partial charge in [-0.15, -0.1) is 0 Å². The first-order valence-electron chi connectivity index (χ1n) is 6.90. The predicted octanol–water partition coefficient (Wildman–Crippen LogP) is 2.54. The zero-order valence-corrected chi connectivity index (χ0v) is 13.9. The molecule has 0 bridgehead atoms. The van der Waals surface area contributed by atoms with Gasteiger partial charge in [-0.1, -0.05) is 15.9 Å². The number of ether oxygens (including phenoxy) is 1. The Morgan fingerprint density at radius 2 is 2.40 bits per heavy atom. The molecule has 1 unspecified atom stereocenters. The molecule has 1 aromatic carbocycles. The molecular weight excluding hydrogens is 338 g/mol. The van der Waals surface area contributed by atoms with Crippen molar-refractivity contribution in [3.63, 3.8) is 0 Å². The van der Waals surface area contributed by atoms with Gasteiger partial charge in [0.25, 0.3) is 0 Å². The second-order valence-electron chi connectivity index (χ2n) is 5.37. The van der Waals surface area contributed by atoms with Crippen molar-refractivity contribution in [2.45, 2.75) is 18.9 Å². The van der Waals surface area contributed by atoms with Crippen LogP contribution < -0.4 is 4.74 Å². The van der Waals surface area contributed by atoms with Crippen molar-refractivity contribution in [1.82, 2.24) is 4.90 Å². The van der Waals surface area contributed by atoms with E-state index < -0.39 is 0 Å². The van der Waals surface area contributed by atoms with Crippen LogP contribution in [0.3, 0.4) is 0 Å². The molecule has 0 aliphatic carbocycles. The summed E-state index contributed by atoms with van der Waals surface area (Å²) in [4.78, 5) is 14.7. The van der Waals surface area contributed by atoms with E-state index in [9.17, 15) is 4.79 Å². The highest BCUT2D eigenvalue weighted by atomic mass is 79.9. The van der Waals surface area contributed by atoms with Crippen LogP contribution in [0.1, 0.15) is 11.1 Å². The number of hydrogen-bond donors (Lipinski definition) is 0. The number of hydrogen-bond acceptors (Lipinski definition) is 4. The zero-order valence-electron chi connectivity index (χ0n) is 11.5. The van der Waals surface area contributed by atoms with E-state index in [1.54, 1.807) is 0 Å². The lowest BCUT2D eigenvalue weighted by atomic mass is 10.0. The van der Waals surface area contributed by atoms with Gasteiger partial charge < -0.3 is 4.74 Å². The molecule has 108 valence electrons. The lowest BCUT2D eigenvalue weighted by Gasteiger charge is -2.31. The first-order chi connectivity index (χ1) is 9.65. The monoisotopic (exact) mass is 355 g/mol. The fourth-order valence-corrected chi connectivity index (χ4v) is 4.61.